The van der Waals surface area contributed by atoms with Crippen LogP contribution in [-0.4, -0.2) is 34.5 Å². The number of aliphatic imine (C=N–C) groups is 1. The number of aromatic nitrogens is 3. The van der Waals surface area contributed by atoms with Crippen molar-refractivity contribution >= 4 is 29.9 Å². The highest BCUT2D eigenvalue weighted by atomic mass is 127. The Labute approximate surface area is 179 Å². The molecular formula is C19H33IN6O. The average Bonchev–Trinajstić information content (AvgIpc) is 3.22. The van der Waals surface area contributed by atoms with Crippen LogP contribution in [-0.2, 0) is 13.1 Å². The first-order valence-corrected chi connectivity index (χ1v) is 9.48. The molecule has 0 radical (unpaired) electrons. The van der Waals surface area contributed by atoms with Gasteiger partial charge in [0.25, 0.3) is 0 Å². The number of rotatable bonds is 9. The van der Waals surface area contributed by atoms with E-state index < -0.39 is 0 Å². The minimum atomic E-state index is 0. The molecular weight excluding hydrogens is 455 g/mol. The van der Waals surface area contributed by atoms with Crippen molar-refractivity contribution in [1.82, 2.24) is 25.6 Å². The van der Waals surface area contributed by atoms with Crippen LogP contribution in [0.4, 0.5) is 0 Å². The molecule has 2 aromatic heterocycles. The maximum absolute atomic E-state index is 5.44. The van der Waals surface area contributed by atoms with E-state index in [0.717, 1.165) is 55.5 Å². The number of halogens is 1. The highest BCUT2D eigenvalue weighted by molar-refractivity contribution is 14.0. The summed E-state index contributed by atoms with van der Waals surface area (Å²) < 4.78 is 7.48. The second-order valence-corrected chi connectivity index (χ2v) is 6.59. The summed E-state index contributed by atoms with van der Waals surface area (Å²) in [4.78, 5) is 4.25. The van der Waals surface area contributed by atoms with Gasteiger partial charge in [0.2, 0.25) is 0 Å². The average molecular weight is 488 g/mol. The smallest absolute Gasteiger partial charge is 0.191 e. The largest absolute Gasteiger partial charge is 0.359 e. The third-order valence-electron chi connectivity index (χ3n) is 4.58. The molecule has 0 amide bonds. The topological polar surface area (TPSA) is 80.3 Å². The number of aryl methyl sites for hydroxylation is 3. The molecule has 27 heavy (non-hydrogen) atoms. The summed E-state index contributed by atoms with van der Waals surface area (Å²) in [6.07, 6.45) is 3.13. The van der Waals surface area contributed by atoms with Gasteiger partial charge in [-0.3, -0.25) is 9.67 Å². The summed E-state index contributed by atoms with van der Waals surface area (Å²) in [6, 6.07) is 4.14. The monoisotopic (exact) mass is 488 g/mol. The molecule has 8 heteroatoms. The van der Waals surface area contributed by atoms with Crippen LogP contribution in [0, 0.1) is 13.8 Å². The van der Waals surface area contributed by atoms with E-state index in [1.165, 1.54) is 5.69 Å². The van der Waals surface area contributed by atoms with Gasteiger partial charge in [-0.25, -0.2) is 0 Å². The van der Waals surface area contributed by atoms with Crippen LogP contribution in [0.25, 0.3) is 0 Å². The molecule has 7 nitrogen and oxygen atoms in total. The molecule has 2 aromatic rings. The Morgan fingerprint density at radius 3 is 2.56 bits per heavy atom. The zero-order chi connectivity index (χ0) is 18.9. The predicted octanol–water partition coefficient (Wildman–Crippen LogP) is 3.76. The van der Waals surface area contributed by atoms with Gasteiger partial charge in [-0.1, -0.05) is 19.0 Å². The lowest BCUT2D eigenvalue weighted by Crippen LogP contribution is -2.37. The van der Waals surface area contributed by atoms with E-state index in [-0.39, 0.29) is 24.0 Å². The fourth-order valence-corrected chi connectivity index (χ4v) is 3.04. The quantitative estimate of drug-likeness (QED) is 0.243. The number of hydrogen-bond acceptors (Lipinski definition) is 4. The van der Waals surface area contributed by atoms with Crippen molar-refractivity contribution in [3.63, 3.8) is 0 Å². The van der Waals surface area contributed by atoms with Gasteiger partial charge in [0.05, 0.1) is 17.9 Å². The normalized spacial score (nSPS) is 11.6. The van der Waals surface area contributed by atoms with Gasteiger partial charge in [0, 0.05) is 37.8 Å². The zero-order valence-electron chi connectivity index (χ0n) is 17.1. The second kappa shape index (κ2) is 12.0. The molecule has 0 saturated carbocycles. The molecule has 0 aliphatic carbocycles. The van der Waals surface area contributed by atoms with Gasteiger partial charge in [0.1, 0.15) is 0 Å². The maximum atomic E-state index is 5.44. The lowest BCUT2D eigenvalue weighted by atomic mass is 9.99. The van der Waals surface area contributed by atoms with Crippen molar-refractivity contribution in [3.05, 3.63) is 35.0 Å². The lowest BCUT2D eigenvalue weighted by Gasteiger charge is -2.11. The molecule has 0 aromatic carbocycles. The van der Waals surface area contributed by atoms with E-state index in [0.29, 0.717) is 12.5 Å². The minimum absolute atomic E-state index is 0. The van der Waals surface area contributed by atoms with Gasteiger partial charge >= 0.3 is 0 Å². The summed E-state index contributed by atoms with van der Waals surface area (Å²) in [5.41, 5.74) is 3.30. The molecule has 0 spiro atoms. The highest BCUT2D eigenvalue weighted by Crippen LogP contribution is 2.22. The van der Waals surface area contributed by atoms with E-state index in [1.54, 1.807) is 7.05 Å². The number of hydrogen-bond donors (Lipinski definition) is 2. The molecule has 0 fully saturated rings. The van der Waals surface area contributed by atoms with E-state index in [2.05, 4.69) is 52.7 Å². The summed E-state index contributed by atoms with van der Waals surface area (Å²) in [6.45, 7) is 10.8. The first kappa shape index (κ1) is 23.5. The van der Waals surface area contributed by atoms with E-state index in [4.69, 9.17) is 4.52 Å². The minimum Gasteiger partial charge on any atom is -0.359 e. The van der Waals surface area contributed by atoms with Crippen molar-refractivity contribution < 1.29 is 4.52 Å². The maximum Gasteiger partial charge on any atom is 0.191 e. The molecule has 0 atom stereocenters. The van der Waals surface area contributed by atoms with Crippen molar-refractivity contribution in [3.8, 4) is 0 Å². The van der Waals surface area contributed by atoms with Gasteiger partial charge in [-0.15, -0.1) is 24.0 Å². The molecule has 152 valence electrons. The molecule has 0 saturated heterocycles. The Morgan fingerprint density at radius 2 is 1.96 bits per heavy atom. The third-order valence-corrected chi connectivity index (χ3v) is 4.58. The van der Waals surface area contributed by atoms with Crippen molar-refractivity contribution in [2.24, 2.45) is 4.99 Å². The molecule has 0 bridgehead atoms. The Bertz CT molecular complexity index is 705. The van der Waals surface area contributed by atoms with Crippen molar-refractivity contribution in [2.75, 3.05) is 13.6 Å². The van der Waals surface area contributed by atoms with Crippen LogP contribution in [0.15, 0.2) is 21.6 Å². The fourth-order valence-electron chi connectivity index (χ4n) is 3.04. The summed E-state index contributed by atoms with van der Waals surface area (Å²) >= 11 is 0. The molecule has 2 rings (SSSR count). The predicted molar refractivity (Wildman–Crippen MR) is 120 cm³/mol. The van der Waals surface area contributed by atoms with Crippen LogP contribution in [0.3, 0.4) is 0 Å². The number of guanidine groups is 1. The van der Waals surface area contributed by atoms with Crippen LogP contribution in [0.5, 0.6) is 0 Å². The van der Waals surface area contributed by atoms with Gasteiger partial charge in [0.15, 0.2) is 11.7 Å². The van der Waals surface area contributed by atoms with Crippen molar-refractivity contribution in [2.45, 2.75) is 66.0 Å². The van der Waals surface area contributed by atoms with E-state index in [1.807, 2.05) is 17.7 Å². The first-order valence-electron chi connectivity index (χ1n) is 9.48. The fraction of sp³-hybridized carbons (Fsp3) is 0.632. The summed E-state index contributed by atoms with van der Waals surface area (Å²) in [7, 11) is 1.77. The van der Waals surface area contributed by atoms with Crippen LogP contribution in [0.2, 0.25) is 0 Å². The van der Waals surface area contributed by atoms with Crippen LogP contribution < -0.4 is 10.6 Å². The van der Waals surface area contributed by atoms with E-state index in [9.17, 15) is 0 Å². The molecule has 0 aliphatic heterocycles. The van der Waals surface area contributed by atoms with Gasteiger partial charge in [-0.2, -0.15) is 5.10 Å². The van der Waals surface area contributed by atoms with Crippen molar-refractivity contribution in [1.29, 1.82) is 0 Å². The molecule has 2 N–H and O–H groups in total. The zero-order valence-corrected chi connectivity index (χ0v) is 19.4. The number of nitrogens with zero attached hydrogens (tertiary/aromatic N) is 4. The van der Waals surface area contributed by atoms with Crippen LogP contribution in [0.1, 0.15) is 61.9 Å². The standard InChI is InChI=1S/C19H32N6O.HI/c1-6-16(7-2)18-12-17(26-24-18)13-22-19(20-5)21-9-8-10-25-15(4)11-14(3)23-25;/h11-12,16H,6-10,13H2,1-5H3,(H2,20,21,22);1H. The summed E-state index contributed by atoms with van der Waals surface area (Å²) in [5, 5.41) is 15.3. The Balaban J connectivity index is 0.00000364. The van der Waals surface area contributed by atoms with Crippen LogP contribution >= 0.6 is 24.0 Å². The SMILES string of the molecule is CCC(CC)c1cc(CNC(=NC)NCCCn2nc(C)cc2C)on1.I. The highest BCUT2D eigenvalue weighted by Gasteiger charge is 2.13. The lowest BCUT2D eigenvalue weighted by molar-refractivity contribution is 0.368. The third kappa shape index (κ3) is 7.15. The molecule has 0 unspecified atom stereocenters. The molecule has 0 aliphatic rings. The first-order chi connectivity index (χ1) is 12.6. The second-order valence-electron chi connectivity index (χ2n) is 6.59. The molecule has 2 heterocycles. The summed E-state index contributed by atoms with van der Waals surface area (Å²) in [5.74, 6) is 2.07. The number of nitrogens with one attached hydrogen (secondary N) is 2. The Morgan fingerprint density at radius 1 is 1.22 bits per heavy atom. The Kier molecular flexibility index (Phi) is 10.4. The Hall–Kier alpha value is -1.58. The van der Waals surface area contributed by atoms with E-state index >= 15 is 0 Å². The van der Waals surface area contributed by atoms with Gasteiger partial charge in [-0.05, 0) is 39.2 Å². The van der Waals surface area contributed by atoms with Gasteiger partial charge < -0.3 is 15.2 Å².